The minimum Gasteiger partial charge on any atom is -0.497 e. The minimum absolute atomic E-state index is 0.0112. The van der Waals surface area contributed by atoms with Gasteiger partial charge in [0.25, 0.3) is 0 Å². The van der Waals surface area contributed by atoms with Crippen LogP contribution in [0.15, 0.2) is 48.5 Å². The lowest BCUT2D eigenvalue weighted by atomic mass is 10.2. The van der Waals surface area contributed by atoms with Crippen LogP contribution < -0.4 is 10.1 Å². The number of halogens is 1. The Balaban J connectivity index is 1.48. The number of nitrogens with zero attached hydrogens (tertiary/aromatic N) is 2. The van der Waals surface area contributed by atoms with Crippen LogP contribution in [0.3, 0.4) is 0 Å². The lowest BCUT2D eigenvalue weighted by molar-refractivity contribution is -0.121. The van der Waals surface area contributed by atoms with E-state index in [1.807, 2.05) is 24.3 Å². The molecular formula is C20H22FN3O3. The van der Waals surface area contributed by atoms with Crippen LogP contribution in [-0.4, -0.2) is 48.5 Å². The van der Waals surface area contributed by atoms with E-state index in [0.717, 1.165) is 11.3 Å². The van der Waals surface area contributed by atoms with Gasteiger partial charge in [0.15, 0.2) is 0 Å². The summed E-state index contributed by atoms with van der Waals surface area (Å²) in [6.45, 7) is 1.49. The Bertz CT molecular complexity index is 810. The van der Waals surface area contributed by atoms with Crippen LogP contribution in [0.2, 0.25) is 0 Å². The summed E-state index contributed by atoms with van der Waals surface area (Å²) in [6, 6.07) is 13.5. The molecule has 1 fully saturated rings. The Hall–Kier alpha value is -3.09. The molecule has 6 nitrogen and oxygen atoms in total. The molecule has 2 aromatic carbocycles. The number of rotatable bonds is 7. The Labute approximate surface area is 157 Å². The van der Waals surface area contributed by atoms with Gasteiger partial charge in [0.05, 0.1) is 13.7 Å². The molecule has 1 aliphatic rings. The highest BCUT2D eigenvalue weighted by Crippen LogP contribution is 2.15. The van der Waals surface area contributed by atoms with E-state index >= 15 is 0 Å². The number of carbonyl (C=O) groups is 2. The van der Waals surface area contributed by atoms with Crippen LogP contribution in [0.4, 0.5) is 9.18 Å². The van der Waals surface area contributed by atoms with Gasteiger partial charge in [-0.15, -0.1) is 0 Å². The van der Waals surface area contributed by atoms with E-state index in [9.17, 15) is 14.0 Å². The summed E-state index contributed by atoms with van der Waals surface area (Å²) in [5.41, 5.74) is 1.41. The van der Waals surface area contributed by atoms with Gasteiger partial charge >= 0.3 is 6.03 Å². The first-order valence-corrected chi connectivity index (χ1v) is 8.73. The summed E-state index contributed by atoms with van der Waals surface area (Å²) in [4.78, 5) is 27.6. The summed E-state index contributed by atoms with van der Waals surface area (Å²) in [5, 5.41) is 2.81. The van der Waals surface area contributed by atoms with Crippen molar-refractivity contribution in [1.29, 1.82) is 0 Å². The van der Waals surface area contributed by atoms with Gasteiger partial charge in [0.1, 0.15) is 18.1 Å². The van der Waals surface area contributed by atoms with Gasteiger partial charge in [-0.1, -0.05) is 30.3 Å². The summed E-state index contributed by atoms with van der Waals surface area (Å²) < 4.78 is 18.9. The molecule has 0 spiro atoms. The Kier molecular flexibility index (Phi) is 5.90. The Morgan fingerprint density at radius 1 is 1.11 bits per heavy atom. The topological polar surface area (TPSA) is 61.9 Å². The largest absolute Gasteiger partial charge is 0.497 e. The van der Waals surface area contributed by atoms with Gasteiger partial charge in [-0.25, -0.2) is 9.18 Å². The third-order valence-corrected chi connectivity index (χ3v) is 4.48. The van der Waals surface area contributed by atoms with Gasteiger partial charge in [0, 0.05) is 25.2 Å². The maximum absolute atomic E-state index is 13.8. The van der Waals surface area contributed by atoms with Gasteiger partial charge < -0.3 is 19.9 Å². The van der Waals surface area contributed by atoms with E-state index < -0.39 is 0 Å². The Morgan fingerprint density at radius 3 is 2.52 bits per heavy atom. The van der Waals surface area contributed by atoms with Crippen molar-refractivity contribution >= 4 is 11.9 Å². The molecule has 0 unspecified atom stereocenters. The fourth-order valence-corrected chi connectivity index (χ4v) is 2.93. The number of nitrogens with one attached hydrogen (secondary N) is 1. The first kappa shape index (κ1) is 18.7. The highest BCUT2D eigenvalue weighted by molar-refractivity contribution is 5.85. The molecule has 2 aromatic rings. The first-order chi connectivity index (χ1) is 13.1. The molecule has 0 radical (unpaired) electrons. The molecule has 3 amide bonds. The molecule has 3 rings (SSSR count). The second-order valence-electron chi connectivity index (χ2n) is 6.34. The Morgan fingerprint density at radius 2 is 1.81 bits per heavy atom. The number of carbonyl (C=O) groups excluding carboxylic acids is 2. The monoisotopic (exact) mass is 371 g/mol. The van der Waals surface area contributed by atoms with Crippen molar-refractivity contribution in [1.82, 2.24) is 15.1 Å². The number of hydrogen-bond donors (Lipinski definition) is 1. The maximum atomic E-state index is 13.8. The van der Waals surface area contributed by atoms with Crippen molar-refractivity contribution in [2.45, 2.75) is 13.1 Å². The smallest absolute Gasteiger partial charge is 0.320 e. The van der Waals surface area contributed by atoms with Gasteiger partial charge in [0.2, 0.25) is 5.91 Å². The van der Waals surface area contributed by atoms with Crippen molar-refractivity contribution in [2.24, 2.45) is 0 Å². The summed E-state index contributed by atoms with van der Waals surface area (Å²) in [5.74, 6) is 0.190. The number of ether oxygens (including phenoxy) is 1. The van der Waals surface area contributed by atoms with Gasteiger partial charge in [-0.3, -0.25) is 4.79 Å². The maximum Gasteiger partial charge on any atom is 0.320 e. The van der Waals surface area contributed by atoms with Gasteiger partial charge in [-0.05, 0) is 23.8 Å². The van der Waals surface area contributed by atoms with Crippen molar-refractivity contribution in [3.05, 3.63) is 65.5 Å². The van der Waals surface area contributed by atoms with Crippen LogP contribution in [-0.2, 0) is 17.9 Å². The fourth-order valence-electron chi connectivity index (χ4n) is 2.93. The summed E-state index contributed by atoms with van der Waals surface area (Å²) in [6.07, 6.45) is 0. The normalized spacial score (nSPS) is 13.8. The molecule has 7 heteroatoms. The minimum atomic E-state index is -0.332. The molecule has 27 heavy (non-hydrogen) atoms. The second kappa shape index (κ2) is 8.53. The van der Waals surface area contributed by atoms with Crippen LogP contribution >= 0.6 is 0 Å². The number of methoxy groups -OCH3 is 1. The number of amides is 3. The average molecular weight is 371 g/mol. The third-order valence-electron chi connectivity index (χ3n) is 4.48. The highest BCUT2D eigenvalue weighted by Gasteiger charge is 2.30. The molecule has 142 valence electrons. The van der Waals surface area contributed by atoms with Crippen molar-refractivity contribution in [2.75, 3.05) is 26.7 Å². The summed E-state index contributed by atoms with van der Waals surface area (Å²) >= 11 is 0. The van der Waals surface area contributed by atoms with Crippen LogP contribution in [0, 0.1) is 5.82 Å². The number of hydrogen-bond acceptors (Lipinski definition) is 3. The predicted octanol–water partition coefficient (Wildman–Crippen LogP) is 2.39. The van der Waals surface area contributed by atoms with E-state index in [1.165, 1.54) is 11.0 Å². The van der Waals surface area contributed by atoms with Crippen molar-refractivity contribution in [3.63, 3.8) is 0 Å². The number of urea groups is 1. The average Bonchev–Trinajstić information content (AvgIpc) is 3.02. The molecule has 1 N–H and O–H groups in total. The lowest BCUT2D eigenvalue weighted by Crippen LogP contribution is -2.39. The van der Waals surface area contributed by atoms with Crippen LogP contribution in [0.25, 0.3) is 0 Å². The standard InChI is InChI=1S/C20H22FN3O3/c1-27-17-8-6-15(7-9-17)12-22-19(25)14-24-11-10-23(20(24)26)13-16-4-2-3-5-18(16)21/h2-9H,10-14H2,1H3,(H,22,25). The van der Waals surface area contributed by atoms with E-state index in [0.29, 0.717) is 25.2 Å². The second-order valence-corrected chi connectivity index (χ2v) is 6.34. The molecule has 1 heterocycles. The molecule has 1 aliphatic heterocycles. The first-order valence-electron chi connectivity index (χ1n) is 8.73. The molecule has 0 bridgehead atoms. The van der Waals surface area contributed by atoms with Crippen LogP contribution in [0.5, 0.6) is 5.75 Å². The molecular weight excluding hydrogens is 349 g/mol. The number of benzene rings is 2. The molecule has 1 saturated heterocycles. The predicted molar refractivity (Wildman–Crippen MR) is 98.6 cm³/mol. The van der Waals surface area contributed by atoms with E-state index in [4.69, 9.17) is 4.74 Å². The lowest BCUT2D eigenvalue weighted by Gasteiger charge is -2.18. The third kappa shape index (κ3) is 4.75. The van der Waals surface area contributed by atoms with Gasteiger partial charge in [-0.2, -0.15) is 0 Å². The van der Waals surface area contributed by atoms with E-state index in [-0.39, 0.29) is 30.8 Å². The molecule has 0 saturated carbocycles. The quantitative estimate of drug-likeness (QED) is 0.813. The SMILES string of the molecule is COc1ccc(CNC(=O)CN2CCN(Cc3ccccc3F)C2=O)cc1. The van der Waals surface area contributed by atoms with E-state index in [2.05, 4.69) is 5.32 Å². The molecule has 0 atom stereocenters. The molecule has 0 aliphatic carbocycles. The molecule has 0 aromatic heterocycles. The fraction of sp³-hybridized carbons (Fsp3) is 0.300. The zero-order valence-electron chi connectivity index (χ0n) is 15.2. The van der Waals surface area contributed by atoms with Crippen molar-refractivity contribution in [3.8, 4) is 5.75 Å². The summed E-state index contributed by atoms with van der Waals surface area (Å²) in [7, 11) is 1.60. The highest BCUT2D eigenvalue weighted by atomic mass is 19.1. The van der Waals surface area contributed by atoms with Crippen LogP contribution in [0.1, 0.15) is 11.1 Å². The van der Waals surface area contributed by atoms with E-state index in [1.54, 1.807) is 30.2 Å². The van der Waals surface area contributed by atoms with Crippen molar-refractivity contribution < 1.29 is 18.7 Å². The zero-order chi connectivity index (χ0) is 19.2. The zero-order valence-corrected chi connectivity index (χ0v) is 15.2.